The smallest absolute Gasteiger partial charge is 0.415 e. The Kier molecular flexibility index (Phi) is 6.58. The molecule has 1 atom stereocenters. The minimum atomic E-state index is -0.681. The van der Waals surface area contributed by atoms with Crippen molar-refractivity contribution in [1.29, 1.82) is 0 Å². The van der Waals surface area contributed by atoms with Gasteiger partial charge in [0.2, 0.25) is 5.89 Å². The van der Waals surface area contributed by atoms with Crippen LogP contribution in [0.15, 0.2) is 65.1 Å². The number of hydrogen-bond acceptors (Lipinski definition) is 7. The summed E-state index contributed by atoms with van der Waals surface area (Å²) in [6.07, 6.45) is 1.25. The number of esters is 1. The number of amides is 1. The van der Waals surface area contributed by atoms with E-state index in [0.29, 0.717) is 42.4 Å². The van der Waals surface area contributed by atoms with Gasteiger partial charge in [-0.25, -0.2) is 14.6 Å². The lowest BCUT2D eigenvalue weighted by molar-refractivity contribution is -0.135. The molecule has 8 nitrogen and oxygen atoms in total. The molecule has 2 heterocycles. The first kappa shape index (κ1) is 23.4. The Balaban J connectivity index is 1.22. The SMILES string of the molecule is COc1cc(CCCC2NC(=O)OC2=O)ccc1OCc1nc(-c2ccc3ccccc3c2)oc1C. The molecule has 3 aromatic carbocycles. The van der Waals surface area contributed by atoms with Crippen LogP contribution in [0.2, 0.25) is 0 Å². The summed E-state index contributed by atoms with van der Waals surface area (Å²) in [5.41, 5.74) is 2.67. The van der Waals surface area contributed by atoms with Crippen molar-refractivity contribution in [2.24, 2.45) is 0 Å². The molecule has 0 spiro atoms. The van der Waals surface area contributed by atoms with Crippen LogP contribution in [0.3, 0.4) is 0 Å². The predicted molar refractivity (Wildman–Crippen MR) is 133 cm³/mol. The topological polar surface area (TPSA) is 99.9 Å². The van der Waals surface area contributed by atoms with Gasteiger partial charge in [0.05, 0.1) is 7.11 Å². The molecule has 1 amide bonds. The third-order valence-electron chi connectivity index (χ3n) is 6.21. The highest BCUT2D eigenvalue weighted by molar-refractivity contribution is 5.95. The van der Waals surface area contributed by atoms with Crippen molar-refractivity contribution in [2.75, 3.05) is 7.11 Å². The van der Waals surface area contributed by atoms with Crippen LogP contribution < -0.4 is 14.8 Å². The first-order valence-corrected chi connectivity index (χ1v) is 11.8. The van der Waals surface area contributed by atoms with Crippen LogP contribution in [0, 0.1) is 6.92 Å². The van der Waals surface area contributed by atoms with E-state index in [9.17, 15) is 9.59 Å². The molecule has 1 N–H and O–H groups in total. The van der Waals surface area contributed by atoms with Gasteiger partial charge in [-0.1, -0.05) is 36.4 Å². The van der Waals surface area contributed by atoms with Crippen LogP contribution in [0.25, 0.3) is 22.2 Å². The molecule has 1 aromatic heterocycles. The number of oxazole rings is 1. The van der Waals surface area contributed by atoms with Crippen molar-refractivity contribution in [2.45, 2.75) is 38.8 Å². The third kappa shape index (κ3) is 5.02. The lowest BCUT2D eigenvalue weighted by Gasteiger charge is -2.12. The zero-order valence-electron chi connectivity index (χ0n) is 20.1. The average Bonchev–Trinajstić information content (AvgIpc) is 3.42. The maximum absolute atomic E-state index is 11.6. The molecule has 1 aliphatic heterocycles. The highest BCUT2D eigenvalue weighted by Crippen LogP contribution is 2.31. The van der Waals surface area contributed by atoms with Crippen LogP contribution >= 0.6 is 0 Å². The van der Waals surface area contributed by atoms with Crippen LogP contribution in [0.4, 0.5) is 4.79 Å². The Morgan fingerprint density at radius 1 is 1.00 bits per heavy atom. The van der Waals surface area contributed by atoms with Gasteiger partial charge in [0, 0.05) is 5.56 Å². The maximum atomic E-state index is 11.6. The van der Waals surface area contributed by atoms with Gasteiger partial charge in [-0.15, -0.1) is 0 Å². The van der Waals surface area contributed by atoms with Crippen molar-refractivity contribution < 1.29 is 28.2 Å². The maximum Gasteiger partial charge on any atom is 0.415 e. The van der Waals surface area contributed by atoms with Gasteiger partial charge in [0.25, 0.3) is 0 Å². The number of rotatable bonds is 9. The molecule has 0 bridgehead atoms. The molecular weight excluding hydrogens is 460 g/mol. The second-order valence-electron chi connectivity index (χ2n) is 8.66. The van der Waals surface area contributed by atoms with E-state index in [1.165, 1.54) is 0 Å². The lowest BCUT2D eigenvalue weighted by Crippen LogP contribution is -2.28. The van der Waals surface area contributed by atoms with E-state index in [1.807, 2.05) is 43.3 Å². The van der Waals surface area contributed by atoms with Crippen molar-refractivity contribution in [3.05, 3.63) is 77.7 Å². The minimum Gasteiger partial charge on any atom is -0.493 e. The molecule has 1 unspecified atom stereocenters. The number of methoxy groups -OCH3 is 1. The number of carbonyl (C=O) groups is 2. The van der Waals surface area contributed by atoms with Crippen molar-refractivity contribution in [3.63, 3.8) is 0 Å². The van der Waals surface area contributed by atoms with E-state index in [1.54, 1.807) is 7.11 Å². The largest absolute Gasteiger partial charge is 0.493 e. The van der Waals surface area contributed by atoms with Gasteiger partial charge in [0.1, 0.15) is 24.1 Å². The van der Waals surface area contributed by atoms with E-state index < -0.39 is 18.1 Å². The minimum absolute atomic E-state index is 0.238. The zero-order chi connectivity index (χ0) is 25.1. The normalized spacial score (nSPS) is 15.1. The number of nitrogens with zero attached hydrogens (tertiary/aromatic N) is 1. The number of hydrogen-bond donors (Lipinski definition) is 1. The zero-order valence-corrected chi connectivity index (χ0v) is 20.1. The summed E-state index contributed by atoms with van der Waals surface area (Å²) in [7, 11) is 1.59. The summed E-state index contributed by atoms with van der Waals surface area (Å²) in [4.78, 5) is 27.4. The number of cyclic esters (lactones) is 2. The van der Waals surface area contributed by atoms with Gasteiger partial charge in [-0.2, -0.15) is 0 Å². The van der Waals surface area contributed by atoms with Gasteiger partial charge in [-0.05, 0) is 66.8 Å². The van der Waals surface area contributed by atoms with Gasteiger partial charge >= 0.3 is 12.1 Å². The Bertz CT molecular complexity index is 1430. The molecule has 5 rings (SSSR count). The standard InChI is InChI=1S/C28H26N2O6/c1-17-23(29-26(35-17)21-12-11-19-7-3-4-8-20(19)15-21)16-34-24-13-10-18(14-25(24)33-2)6-5-9-22-27(31)36-28(32)30-22/h3-4,7-8,10-15,22H,5-6,9,16H2,1-2H3,(H,30,32). The molecule has 1 aliphatic rings. The summed E-state index contributed by atoms with van der Waals surface area (Å²) in [5, 5.41) is 4.80. The highest BCUT2D eigenvalue weighted by atomic mass is 16.6. The highest BCUT2D eigenvalue weighted by Gasteiger charge is 2.31. The molecular formula is C28H26N2O6. The predicted octanol–water partition coefficient (Wildman–Crippen LogP) is 5.35. The van der Waals surface area contributed by atoms with Crippen molar-refractivity contribution in [1.82, 2.24) is 10.3 Å². The summed E-state index contributed by atoms with van der Waals surface area (Å²) < 4.78 is 22.0. The molecule has 36 heavy (non-hydrogen) atoms. The van der Waals surface area contributed by atoms with Crippen LogP contribution in [-0.2, 0) is 22.6 Å². The fourth-order valence-corrected chi connectivity index (χ4v) is 4.23. The summed E-state index contributed by atoms with van der Waals surface area (Å²) in [5.74, 6) is 1.94. The van der Waals surface area contributed by atoms with Crippen LogP contribution in [-0.4, -0.2) is 30.2 Å². The number of aromatic nitrogens is 1. The Morgan fingerprint density at radius 2 is 1.83 bits per heavy atom. The Labute approximate surface area is 208 Å². The number of carbonyl (C=O) groups excluding carboxylic acids is 2. The number of benzene rings is 3. The average molecular weight is 487 g/mol. The molecule has 184 valence electrons. The second-order valence-corrected chi connectivity index (χ2v) is 8.66. The van der Waals surface area contributed by atoms with E-state index in [2.05, 4.69) is 39.3 Å². The number of fused-ring (bicyclic) bond motifs is 1. The number of alkyl carbamates (subject to hydrolysis) is 1. The number of nitrogens with one attached hydrogen (secondary N) is 1. The molecule has 4 aromatic rings. The van der Waals surface area contributed by atoms with E-state index in [0.717, 1.165) is 27.6 Å². The first-order valence-electron chi connectivity index (χ1n) is 11.8. The van der Waals surface area contributed by atoms with E-state index >= 15 is 0 Å². The molecule has 0 saturated carbocycles. The summed E-state index contributed by atoms with van der Waals surface area (Å²) in [6.45, 7) is 2.11. The Morgan fingerprint density at radius 3 is 2.61 bits per heavy atom. The fourth-order valence-electron chi connectivity index (χ4n) is 4.23. The summed E-state index contributed by atoms with van der Waals surface area (Å²) in [6, 6.07) is 19.4. The molecule has 0 aliphatic carbocycles. The third-order valence-corrected chi connectivity index (χ3v) is 6.21. The van der Waals surface area contributed by atoms with Crippen molar-refractivity contribution >= 4 is 22.8 Å². The summed E-state index contributed by atoms with van der Waals surface area (Å²) >= 11 is 0. The monoisotopic (exact) mass is 486 g/mol. The van der Waals surface area contributed by atoms with Crippen molar-refractivity contribution in [3.8, 4) is 23.0 Å². The van der Waals surface area contributed by atoms with Gasteiger partial charge in [0.15, 0.2) is 11.5 Å². The molecule has 1 fully saturated rings. The van der Waals surface area contributed by atoms with E-state index in [4.69, 9.17) is 13.9 Å². The fraction of sp³-hybridized carbons (Fsp3) is 0.250. The van der Waals surface area contributed by atoms with E-state index in [-0.39, 0.29) is 6.61 Å². The Hall–Kier alpha value is -4.33. The number of ether oxygens (including phenoxy) is 3. The number of aryl methyl sites for hydroxylation is 2. The quantitative estimate of drug-likeness (QED) is 0.251. The lowest BCUT2D eigenvalue weighted by atomic mass is 10.0. The molecule has 1 saturated heterocycles. The second kappa shape index (κ2) is 10.1. The molecule has 0 radical (unpaired) electrons. The first-order chi connectivity index (χ1) is 17.5. The van der Waals surface area contributed by atoms with Gasteiger partial charge in [-0.3, -0.25) is 0 Å². The van der Waals surface area contributed by atoms with Gasteiger partial charge < -0.3 is 23.9 Å². The van der Waals surface area contributed by atoms with Crippen LogP contribution in [0.1, 0.15) is 29.9 Å². The molecule has 8 heteroatoms. The van der Waals surface area contributed by atoms with Crippen LogP contribution in [0.5, 0.6) is 11.5 Å².